The molecule has 4 amide bonds. The SMILES string of the molecule is COc1ccc(CNC(=O)N2C3CN(Cc4ccc(OC)cc4)C(=O)[C@H](Cc4ccc(O)cc4)N3C(=O)CN2C)cc1. The average molecular weight is 574 g/mol. The molecule has 5 rings (SSSR count). The van der Waals surface area contributed by atoms with Crippen LogP contribution in [0.25, 0.3) is 0 Å². The van der Waals surface area contributed by atoms with Crippen molar-refractivity contribution in [2.75, 3.05) is 34.4 Å². The summed E-state index contributed by atoms with van der Waals surface area (Å²) in [5.74, 6) is 1.11. The standard InChI is InChI=1S/C31H35N5O6/c1-33-20-29(38)35-27(16-21-4-10-24(37)11-5-21)30(39)34(18-23-8-14-26(42-3)15-9-23)19-28(35)36(33)31(40)32-17-22-6-12-25(41-2)13-7-22/h4-15,27-28,37H,16-20H2,1-3H3,(H,32,40)/t27-,28?/m0/s1. The van der Waals surface area contributed by atoms with Crippen LogP contribution in [-0.2, 0) is 29.1 Å². The maximum absolute atomic E-state index is 14.0. The van der Waals surface area contributed by atoms with Crippen molar-refractivity contribution in [3.05, 3.63) is 89.5 Å². The number of amides is 4. The number of carbonyl (C=O) groups is 3. The Morgan fingerprint density at radius 1 is 0.881 bits per heavy atom. The molecule has 3 aromatic carbocycles. The molecule has 42 heavy (non-hydrogen) atoms. The highest BCUT2D eigenvalue weighted by Gasteiger charge is 2.50. The summed E-state index contributed by atoms with van der Waals surface area (Å²) in [6.07, 6.45) is -0.476. The molecule has 0 aliphatic carbocycles. The van der Waals surface area contributed by atoms with E-state index >= 15 is 0 Å². The van der Waals surface area contributed by atoms with Gasteiger partial charge in [-0.2, -0.15) is 0 Å². The van der Waals surface area contributed by atoms with Crippen molar-refractivity contribution in [3.8, 4) is 17.2 Å². The Kier molecular flexibility index (Phi) is 8.48. The molecule has 11 heteroatoms. The highest BCUT2D eigenvalue weighted by Crippen LogP contribution is 2.29. The normalized spacial score (nSPS) is 19.0. The van der Waals surface area contributed by atoms with Crippen LogP contribution >= 0.6 is 0 Å². The topological polar surface area (TPSA) is 115 Å². The second-order valence-electron chi connectivity index (χ2n) is 10.4. The minimum absolute atomic E-state index is 0.0513. The van der Waals surface area contributed by atoms with Gasteiger partial charge in [0.1, 0.15) is 29.5 Å². The fourth-order valence-electron chi connectivity index (χ4n) is 5.46. The number of carbonyl (C=O) groups excluding carboxylic acids is 3. The molecule has 11 nitrogen and oxygen atoms in total. The number of nitrogens with zero attached hydrogens (tertiary/aromatic N) is 4. The van der Waals surface area contributed by atoms with Crippen LogP contribution in [0.2, 0.25) is 0 Å². The second-order valence-corrected chi connectivity index (χ2v) is 10.4. The Bertz CT molecular complexity index is 1410. The van der Waals surface area contributed by atoms with Crippen molar-refractivity contribution in [3.63, 3.8) is 0 Å². The third kappa shape index (κ3) is 6.10. The summed E-state index contributed by atoms with van der Waals surface area (Å²) in [7, 11) is 4.88. The lowest BCUT2D eigenvalue weighted by Gasteiger charge is -2.54. The number of nitrogens with one attached hydrogen (secondary N) is 1. The molecule has 3 aromatic rings. The van der Waals surface area contributed by atoms with E-state index in [1.165, 1.54) is 5.01 Å². The number of aromatic hydroxyl groups is 1. The van der Waals surface area contributed by atoms with Crippen molar-refractivity contribution in [2.24, 2.45) is 0 Å². The summed E-state index contributed by atoms with van der Waals surface area (Å²) >= 11 is 0. The molecule has 220 valence electrons. The molecule has 2 aliphatic heterocycles. The third-order valence-electron chi connectivity index (χ3n) is 7.65. The largest absolute Gasteiger partial charge is 0.508 e. The van der Waals surface area contributed by atoms with Crippen LogP contribution in [0.3, 0.4) is 0 Å². The van der Waals surface area contributed by atoms with E-state index < -0.39 is 12.2 Å². The smallest absolute Gasteiger partial charge is 0.334 e. The molecule has 1 unspecified atom stereocenters. The minimum atomic E-state index is -0.829. The maximum atomic E-state index is 14.0. The first-order valence-electron chi connectivity index (χ1n) is 13.7. The summed E-state index contributed by atoms with van der Waals surface area (Å²) in [5, 5.41) is 15.9. The van der Waals surface area contributed by atoms with Gasteiger partial charge in [-0.1, -0.05) is 36.4 Å². The van der Waals surface area contributed by atoms with Crippen molar-refractivity contribution in [2.45, 2.75) is 31.7 Å². The van der Waals surface area contributed by atoms with E-state index in [1.54, 1.807) is 60.3 Å². The zero-order valence-corrected chi connectivity index (χ0v) is 23.9. The molecular weight excluding hydrogens is 538 g/mol. The van der Waals surface area contributed by atoms with Gasteiger partial charge in [-0.15, -0.1) is 0 Å². The van der Waals surface area contributed by atoms with Crippen molar-refractivity contribution < 1.29 is 29.0 Å². The van der Waals surface area contributed by atoms with Gasteiger partial charge in [0, 0.05) is 26.6 Å². The number of ether oxygens (including phenoxy) is 2. The number of benzene rings is 3. The summed E-state index contributed by atoms with van der Waals surface area (Å²) in [6, 6.07) is 20.2. The number of piperazine rings is 1. The molecular formula is C31H35N5O6. The highest BCUT2D eigenvalue weighted by atomic mass is 16.5. The van der Waals surface area contributed by atoms with E-state index in [9.17, 15) is 19.5 Å². The minimum Gasteiger partial charge on any atom is -0.508 e. The Balaban J connectivity index is 1.43. The number of fused-ring (bicyclic) bond motifs is 1. The summed E-state index contributed by atoms with van der Waals surface area (Å²) in [6.45, 7) is 0.672. The van der Waals surface area contributed by atoms with Crippen molar-refractivity contribution >= 4 is 17.8 Å². The predicted molar refractivity (Wildman–Crippen MR) is 154 cm³/mol. The summed E-state index contributed by atoms with van der Waals surface area (Å²) in [4.78, 5) is 44.3. The third-order valence-corrected chi connectivity index (χ3v) is 7.65. The van der Waals surface area contributed by atoms with Gasteiger partial charge >= 0.3 is 6.03 Å². The van der Waals surface area contributed by atoms with Gasteiger partial charge in [0.15, 0.2) is 0 Å². The molecule has 2 saturated heterocycles. The molecule has 2 N–H and O–H groups in total. The summed E-state index contributed by atoms with van der Waals surface area (Å²) in [5.41, 5.74) is 2.58. The quantitative estimate of drug-likeness (QED) is 0.426. The Morgan fingerprint density at radius 3 is 2.05 bits per heavy atom. The number of hydrazine groups is 1. The number of hydrogen-bond donors (Lipinski definition) is 2. The first-order valence-corrected chi connectivity index (χ1v) is 13.7. The second kappa shape index (κ2) is 12.4. The lowest BCUT2D eigenvalue weighted by molar-refractivity contribution is -0.187. The molecule has 2 fully saturated rings. The molecule has 0 spiro atoms. The zero-order valence-electron chi connectivity index (χ0n) is 23.9. The van der Waals surface area contributed by atoms with Gasteiger partial charge < -0.3 is 29.7 Å². The number of rotatable bonds is 8. The molecule has 2 atom stereocenters. The molecule has 0 aromatic heterocycles. The molecule has 0 bridgehead atoms. The van der Waals surface area contributed by atoms with Gasteiger partial charge in [-0.3, -0.25) is 9.59 Å². The Hall–Kier alpha value is -4.77. The van der Waals surface area contributed by atoms with Crippen LogP contribution in [0.1, 0.15) is 16.7 Å². The average Bonchev–Trinajstić information content (AvgIpc) is 2.99. The number of phenolic OH excluding ortho intramolecular Hbond substituents is 1. The fourth-order valence-corrected chi connectivity index (χ4v) is 5.46. The van der Waals surface area contributed by atoms with Crippen LogP contribution in [0, 0.1) is 0 Å². The molecule has 0 radical (unpaired) electrons. The lowest BCUT2D eigenvalue weighted by atomic mass is 9.98. The maximum Gasteiger partial charge on any atom is 0.334 e. The summed E-state index contributed by atoms with van der Waals surface area (Å²) < 4.78 is 10.5. The lowest BCUT2D eigenvalue weighted by Crippen LogP contribution is -2.76. The highest BCUT2D eigenvalue weighted by molar-refractivity contribution is 5.91. The van der Waals surface area contributed by atoms with Gasteiger partial charge in [0.2, 0.25) is 11.8 Å². The number of methoxy groups -OCH3 is 2. The van der Waals surface area contributed by atoms with E-state index in [2.05, 4.69) is 5.32 Å². The van der Waals surface area contributed by atoms with E-state index in [0.29, 0.717) is 12.3 Å². The number of likely N-dealkylation sites (N-methyl/N-ethyl adjacent to an activating group) is 1. The molecule has 2 aliphatic rings. The van der Waals surface area contributed by atoms with Crippen molar-refractivity contribution in [1.29, 1.82) is 0 Å². The van der Waals surface area contributed by atoms with Gasteiger partial charge in [0.25, 0.3) is 0 Å². The fraction of sp³-hybridized carbons (Fsp3) is 0.323. The van der Waals surface area contributed by atoms with Gasteiger partial charge in [-0.05, 0) is 53.1 Å². The molecule has 0 saturated carbocycles. The van der Waals surface area contributed by atoms with Crippen LogP contribution in [0.15, 0.2) is 72.8 Å². The van der Waals surface area contributed by atoms with Gasteiger partial charge in [-0.25, -0.2) is 14.8 Å². The molecule has 2 heterocycles. The number of hydrogen-bond acceptors (Lipinski definition) is 7. The van der Waals surface area contributed by atoms with Crippen molar-refractivity contribution in [1.82, 2.24) is 25.1 Å². The van der Waals surface area contributed by atoms with E-state index in [-0.39, 0.29) is 49.7 Å². The number of urea groups is 1. The van der Waals surface area contributed by atoms with Crippen LogP contribution < -0.4 is 14.8 Å². The van der Waals surface area contributed by atoms with Crippen LogP contribution in [-0.4, -0.2) is 89.3 Å². The van der Waals surface area contributed by atoms with Crippen LogP contribution in [0.4, 0.5) is 4.79 Å². The Labute approximate surface area is 244 Å². The van der Waals surface area contributed by atoms with Crippen LogP contribution in [0.5, 0.6) is 17.2 Å². The first kappa shape index (κ1) is 28.7. The van der Waals surface area contributed by atoms with Gasteiger partial charge in [0.05, 0.1) is 27.3 Å². The van der Waals surface area contributed by atoms with E-state index in [0.717, 1.165) is 22.4 Å². The Morgan fingerprint density at radius 2 is 1.45 bits per heavy atom. The monoisotopic (exact) mass is 573 g/mol. The van der Waals surface area contributed by atoms with E-state index in [4.69, 9.17) is 9.47 Å². The zero-order chi connectivity index (χ0) is 29.8. The number of phenols is 1. The van der Waals surface area contributed by atoms with E-state index in [1.807, 2.05) is 48.5 Å². The predicted octanol–water partition coefficient (Wildman–Crippen LogP) is 2.59. The first-order chi connectivity index (χ1) is 20.3.